The highest BCUT2D eigenvalue weighted by molar-refractivity contribution is 5.64. The molecule has 2 aromatic carbocycles. The minimum atomic E-state index is -0.812. The molecule has 0 N–H and O–H groups in total. The Bertz CT molecular complexity index is 472. The number of benzene rings is 2. The fraction of sp³-hybridized carbons (Fsp3) is 0.0769. The summed E-state index contributed by atoms with van der Waals surface area (Å²) in [6, 6.07) is 11.5. The van der Waals surface area contributed by atoms with E-state index < -0.39 is 11.6 Å². The summed E-state index contributed by atoms with van der Waals surface area (Å²) in [5, 5.41) is 0. The number of aryl methyl sites for hydroxylation is 1. The minimum Gasteiger partial charge on any atom is -0.204 e. The molecule has 0 aliphatic carbocycles. The lowest BCUT2D eigenvalue weighted by molar-refractivity contribution is 0.511. The second-order valence-electron chi connectivity index (χ2n) is 3.47. The van der Waals surface area contributed by atoms with E-state index in [0.29, 0.717) is 11.1 Å². The normalized spacial score (nSPS) is 10.3. The molecule has 2 heteroatoms. The highest BCUT2D eigenvalue weighted by Gasteiger charge is 2.08. The maximum Gasteiger partial charge on any atom is 0.166 e. The van der Waals surface area contributed by atoms with E-state index in [1.54, 1.807) is 18.2 Å². The zero-order valence-corrected chi connectivity index (χ0v) is 8.30. The van der Waals surface area contributed by atoms with Crippen LogP contribution in [0.5, 0.6) is 0 Å². The summed E-state index contributed by atoms with van der Waals surface area (Å²) in [4.78, 5) is 0. The summed E-state index contributed by atoms with van der Waals surface area (Å²) in [6.45, 7) is 1.95. The summed E-state index contributed by atoms with van der Waals surface area (Å²) in [5.74, 6) is -1.60. The number of rotatable bonds is 1. The first-order chi connectivity index (χ1) is 7.18. The zero-order valence-electron chi connectivity index (χ0n) is 8.30. The number of halogens is 2. The maximum absolute atomic E-state index is 13.4. The molecule has 0 heterocycles. The van der Waals surface area contributed by atoms with Crippen molar-refractivity contribution in [1.82, 2.24) is 0 Å². The fourth-order valence-corrected chi connectivity index (χ4v) is 1.46. The third kappa shape index (κ3) is 1.89. The van der Waals surface area contributed by atoms with Crippen LogP contribution < -0.4 is 0 Å². The van der Waals surface area contributed by atoms with Crippen molar-refractivity contribution in [1.29, 1.82) is 0 Å². The highest BCUT2D eigenvalue weighted by Crippen LogP contribution is 2.24. The topological polar surface area (TPSA) is 0 Å². The van der Waals surface area contributed by atoms with Gasteiger partial charge in [-0.1, -0.05) is 42.0 Å². The van der Waals surface area contributed by atoms with Crippen LogP contribution in [0.25, 0.3) is 11.1 Å². The smallest absolute Gasteiger partial charge is 0.166 e. The third-order valence-electron chi connectivity index (χ3n) is 2.31. The van der Waals surface area contributed by atoms with Gasteiger partial charge in [-0.05, 0) is 18.6 Å². The van der Waals surface area contributed by atoms with Crippen LogP contribution in [0.2, 0.25) is 0 Å². The molecule has 0 saturated carbocycles. The monoisotopic (exact) mass is 204 g/mol. The van der Waals surface area contributed by atoms with Crippen molar-refractivity contribution < 1.29 is 8.78 Å². The predicted octanol–water partition coefficient (Wildman–Crippen LogP) is 3.94. The van der Waals surface area contributed by atoms with Gasteiger partial charge in [0.1, 0.15) is 0 Å². The lowest BCUT2D eigenvalue weighted by Gasteiger charge is -2.04. The van der Waals surface area contributed by atoms with Gasteiger partial charge >= 0.3 is 0 Å². The molecule has 0 fully saturated rings. The second-order valence-corrected chi connectivity index (χ2v) is 3.47. The average Bonchev–Trinajstić information content (AvgIpc) is 2.24. The summed E-state index contributed by atoms with van der Waals surface area (Å²) >= 11 is 0. The van der Waals surface area contributed by atoms with Crippen molar-refractivity contribution in [3.05, 3.63) is 59.7 Å². The molecule has 0 saturated heterocycles. The van der Waals surface area contributed by atoms with Crippen molar-refractivity contribution in [2.75, 3.05) is 0 Å². The zero-order chi connectivity index (χ0) is 10.8. The van der Waals surface area contributed by atoms with Gasteiger partial charge in [-0.2, -0.15) is 0 Å². The van der Waals surface area contributed by atoms with Gasteiger partial charge < -0.3 is 0 Å². The SMILES string of the molecule is Cc1ccc(-c2cccc(F)c2F)cc1. The molecular weight excluding hydrogens is 194 g/mol. The van der Waals surface area contributed by atoms with Crippen molar-refractivity contribution in [2.45, 2.75) is 6.92 Å². The van der Waals surface area contributed by atoms with E-state index in [1.165, 1.54) is 6.07 Å². The van der Waals surface area contributed by atoms with Crippen molar-refractivity contribution >= 4 is 0 Å². The third-order valence-corrected chi connectivity index (χ3v) is 2.31. The molecule has 0 aliphatic heterocycles. The molecule has 0 amide bonds. The van der Waals surface area contributed by atoms with E-state index in [-0.39, 0.29) is 0 Å². The van der Waals surface area contributed by atoms with Crippen LogP contribution >= 0.6 is 0 Å². The minimum absolute atomic E-state index is 0.301. The Balaban J connectivity index is 2.54. The molecular formula is C13H10F2. The second kappa shape index (κ2) is 3.81. The van der Waals surface area contributed by atoms with Crippen molar-refractivity contribution in [3.8, 4) is 11.1 Å². The standard InChI is InChI=1S/C13H10F2/c1-9-5-7-10(8-6-9)11-3-2-4-12(14)13(11)15/h2-8H,1H3. The van der Waals surface area contributed by atoms with Crippen LogP contribution in [0.4, 0.5) is 8.78 Å². The summed E-state index contributed by atoms with van der Waals surface area (Å²) in [7, 11) is 0. The van der Waals surface area contributed by atoms with E-state index in [1.807, 2.05) is 19.1 Å². The van der Waals surface area contributed by atoms with Gasteiger partial charge in [0, 0.05) is 5.56 Å². The number of hydrogen-bond acceptors (Lipinski definition) is 0. The quantitative estimate of drug-likeness (QED) is 0.660. The van der Waals surface area contributed by atoms with E-state index in [9.17, 15) is 8.78 Å². The Hall–Kier alpha value is -1.70. The van der Waals surface area contributed by atoms with Gasteiger partial charge in [-0.25, -0.2) is 8.78 Å². The van der Waals surface area contributed by atoms with Crippen molar-refractivity contribution in [3.63, 3.8) is 0 Å². The fourth-order valence-electron chi connectivity index (χ4n) is 1.46. The Morgan fingerprint density at radius 3 is 2.20 bits per heavy atom. The van der Waals surface area contributed by atoms with Crippen LogP contribution in [-0.4, -0.2) is 0 Å². The first kappa shape index (κ1) is 9.84. The predicted molar refractivity (Wildman–Crippen MR) is 56.5 cm³/mol. The first-order valence-electron chi connectivity index (χ1n) is 4.69. The molecule has 0 bridgehead atoms. The van der Waals surface area contributed by atoms with E-state index in [0.717, 1.165) is 11.6 Å². The van der Waals surface area contributed by atoms with E-state index in [2.05, 4.69) is 0 Å². The summed E-state index contributed by atoms with van der Waals surface area (Å²) in [6.07, 6.45) is 0. The van der Waals surface area contributed by atoms with Crippen LogP contribution in [0.1, 0.15) is 5.56 Å². The van der Waals surface area contributed by atoms with E-state index >= 15 is 0 Å². The Labute approximate surface area is 87.2 Å². The molecule has 0 unspecified atom stereocenters. The molecule has 0 nitrogen and oxygen atoms in total. The summed E-state index contributed by atoms with van der Waals surface area (Å²) < 4.78 is 26.4. The molecule has 15 heavy (non-hydrogen) atoms. The van der Waals surface area contributed by atoms with Crippen LogP contribution in [0, 0.1) is 18.6 Å². The van der Waals surface area contributed by atoms with Crippen LogP contribution in [-0.2, 0) is 0 Å². The van der Waals surface area contributed by atoms with Gasteiger partial charge in [0.05, 0.1) is 0 Å². The Morgan fingerprint density at radius 1 is 0.867 bits per heavy atom. The number of hydrogen-bond donors (Lipinski definition) is 0. The molecule has 2 rings (SSSR count). The molecule has 0 atom stereocenters. The molecule has 76 valence electrons. The van der Waals surface area contributed by atoms with Gasteiger partial charge in [-0.15, -0.1) is 0 Å². The van der Waals surface area contributed by atoms with Crippen molar-refractivity contribution in [2.24, 2.45) is 0 Å². The van der Waals surface area contributed by atoms with Gasteiger partial charge in [0.15, 0.2) is 11.6 Å². The summed E-state index contributed by atoms with van der Waals surface area (Å²) in [5.41, 5.74) is 2.09. The molecule has 0 aliphatic rings. The molecule has 0 spiro atoms. The van der Waals surface area contributed by atoms with Gasteiger partial charge in [0.2, 0.25) is 0 Å². The lowest BCUT2D eigenvalue weighted by atomic mass is 10.0. The molecule has 0 radical (unpaired) electrons. The molecule has 2 aromatic rings. The van der Waals surface area contributed by atoms with Crippen LogP contribution in [0.15, 0.2) is 42.5 Å². The Morgan fingerprint density at radius 2 is 1.53 bits per heavy atom. The van der Waals surface area contributed by atoms with Crippen LogP contribution in [0.3, 0.4) is 0 Å². The van der Waals surface area contributed by atoms with Gasteiger partial charge in [0.25, 0.3) is 0 Å². The maximum atomic E-state index is 13.4. The average molecular weight is 204 g/mol. The Kier molecular flexibility index (Phi) is 2.50. The molecule has 0 aromatic heterocycles. The lowest BCUT2D eigenvalue weighted by Crippen LogP contribution is -1.88. The first-order valence-corrected chi connectivity index (χ1v) is 4.69. The van der Waals surface area contributed by atoms with E-state index in [4.69, 9.17) is 0 Å². The highest BCUT2D eigenvalue weighted by atomic mass is 19.2. The van der Waals surface area contributed by atoms with Gasteiger partial charge in [-0.3, -0.25) is 0 Å². The largest absolute Gasteiger partial charge is 0.204 e.